The maximum absolute atomic E-state index is 11.1. The Balaban J connectivity index is 2.15. The Kier molecular flexibility index (Phi) is 4.73. The topological polar surface area (TPSA) is 37.3 Å². The number of hydrogen-bond donors (Lipinski definition) is 1. The number of carboxylic acids is 1. The zero-order valence-electron chi connectivity index (χ0n) is 11.3. The molecular formula is C16H15ClO2S. The fourth-order valence-electron chi connectivity index (χ4n) is 1.85. The fourth-order valence-corrected chi connectivity index (χ4v) is 3.17. The van der Waals surface area contributed by atoms with E-state index in [1.807, 2.05) is 37.3 Å². The van der Waals surface area contributed by atoms with E-state index in [1.165, 1.54) is 0 Å². The van der Waals surface area contributed by atoms with Crippen molar-refractivity contribution in [2.24, 2.45) is 0 Å². The van der Waals surface area contributed by atoms with E-state index in [0.717, 1.165) is 32.4 Å². The molecule has 0 radical (unpaired) electrons. The Morgan fingerprint density at radius 1 is 1.20 bits per heavy atom. The highest BCUT2D eigenvalue weighted by molar-refractivity contribution is 7.98. The van der Waals surface area contributed by atoms with E-state index in [9.17, 15) is 4.79 Å². The summed E-state index contributed by atoms with van der Waals surface area (Å²) >= 11 is 7.78. The number of hydrogen-bond acceptors (Lipinski definition) is 2. The van der Waals surface area contributed by atoms with Crippen LogP contribution in [0.25, 0.3) is 0 Å². The normalized spacial score (nSPS) is 10.6. The van der Waals surface area contributed by atoms with Crippen molar-refractivity contribution >= 4 is 29.3 Å². The Morgan fingerprint density at radius 3 is 2.60 bits per heavy atom. The van der Waals surface area contributed by atoms with E-state index in [-0.39, 0.29) is 0 Å². The maximum Gasteiger partial charge on any atom is 0.335 e. The molecule has 104 valence electrons. The SMILES string of the molecule is Cc1ccc(CSc2ccc(C)c(C(=O)O)c2)c(Cl)c1. The molecule has 0 bridgehead atoms. The first-order chi connectivity index (χ1) is 9.47. The average molecular weight is 307 g/mol. The van der Waals surface area contributed by atoms with Gasteiger partial charge in [0, 0.05) is 15.7 Å². The van der Waals surface area contributed by atoms with Crippen molar-refractivity contribution in [3.8, 4) is 0 Å². The van der Waals surface area contributed by atoms with Crippen molar-refractivity contribution < 1.29 is 9.90 Å². The number of aromatic carboxylic acids is 1. The van der Waals surface area contributed by atoms with Crippen LogP contribution in [0.5, 0.6) is 0 Å². The quantitative estimate of drug-likeness (QED) is 0.812. The van der Waals surface area contributed by atoms with E-state index in [4.69, 9.17) is 16.7 Å². The highest BCUT2D eigenvalue weighted by Crippen LogP contribution is 2.28. The number of carboxylic acid groups (broad SMARTS) is 1. The summed E-state index contributed by atoms with van der Waals surface area (Å²) in [5.74, 6) is -0.167. The molecule has 0 aliphatic carbocycles. The number of carbonyl (C=O) groups is 1. The second-order valence-electron chi connectivity index (χ2n) is 4.67. The van der Waals surface area contributed by atoms with E-state index in [2.05, 4.69) is 0 Å². The molecule has 4 heteroatoms. The lowest BCUT2D eigenvalue weighted by Gasteiger charge is -2.07. The molecule has 0 aromatic heterocycles. The third kappa shape index (κ3) is 3.56. The molecule has 0 aliphatic rings. The van der Waals surface area contributed by atoms with Gasteiger partial charge < -0.3 is 5.11 Å². The summed E-state index contributed by atoms with van der Waals surface area (Å²) in [5.41, 5.74) is 3.31. The second-order valence-corrected chi connectivity index (χ2v) is 6.12. The minimum Gasteiger partial charge on any atom is -0.478 e. The summed E-state index contributed by atoms with van der Waals surface area (Å²) < 4.78 is 0. The first-order valence-electron chi connectivity index (χ1n) is 6.19. The molecule has 1 N–H and O–H groups in total. The number of rotatable bonds is 4. The van der Waals surface area contributed by atoms with Crippen molar-refractivity contribution in [2.75, 3.05) is 0 Å². The van der Waals surface area contributed by atoms with Gasteiger partial charge in [0.1, 0.15) is 0 Å². The van der Waals surface area contributed by atoms with E-state index < -0.39 is 5.97 Å². The predicted octanol–water partition coefficient (Wildman–Crippen LogP) is 4.95. The molecule has 2 aromatic rings. The van der Waals surface area contributed by atoms with Crippen LogP contribution in [-0.2, 0) is 5.75 Å². The van der Waals surface area contributed by atoms with Crippen molar-refractivity contribution in [1.82, 2.24) is 0 Å². The Labute approximate surface area is 127 Å². The molecule has 0 atom stereocenters. The van der Waals surface area contributed by atoms with E-state index >= 15 is 0 Å². The molecule has 20 heavy (non-hydrogen) atoms. The van der Waals surface area contributed by atoms with Gasteiger partial charge in [-0.05, 0) is 48.7 Å². The summed E-state index contributed by atoms with van der Waals surface area (Å²) in [6.45, 7) is 3.80. The number of aryl methyl sites for hydroxylation is 2. The van der Waals surface area contributed by atoms with Gasteiger partial charge in [-0.25, -0.2) is 4.79 Å². The molecule has 0 aliphatic heterocycles. The summed E-state index contributed by atoms with van der Waals surface area (Å²) in [6, 6.07) is 11.5. The van der Waals surface area contributed by atoms with Gasteiger partial charge in [0.15, 0.2) is 0 Å². The number of benzene rings is 2. The fraction of sp³-hybridized carbons (Fsp3) is 0.188. The van der Waals surface area contributed by atoms with Gasteiger partial charge in [-0.3, -0.25) is 0 Å². The van der Waals surface area contributed by atoms with Crippen molar-refractivity contribution in [2.45, 2.75) is 24.5 Å². The van der Waals surface area contributed by atoms with Crippen LogP contribution in [0.4, 0.5) is 0 Å². The zero-order chi connectivity index (χ0) is 14.7. The third-order valence-electron chi connectivity index (χ3n) is 3.04. The largest absolute Gasteiger partial charge is 0.478 e. The molecule has 2 rings (SSSR count). The monoisotopic (exact) mass is 306 g/mol. The molecule has 2 aromatic carbocycles. The van der Waals surface area contributed by atoms with Gasteiger partial charge in [0.2, 0.25) is 0 Å². The highest BCUT2D eigenvalue weighted by Gasteiger charge is 2.09. The molecule has 2 nitrogen and oxygen atoms in total. The van der Waals surface area contributed by atoms with Gasteiger partial charge in [-0.15, -0.1) is 11.8 Å². The van der Waals surface area contributed by atoms with Crippen LogP contribution in [0.1, 0.15) is 27.0 Å². The van der Waals surface area contributed by atoms with Crippen LogP contribution in [0.2, 0.25) is 5.02 Å². The van der Waals surface area contributed by atoms with Gasteiger partial charge in [0.25, 0.3) is 0 Å². The summed E-state index contributed by atoms with van der Waals surface area (Å²) in [4.78, 5) is 12.0. The van der Waals surface area contributed by atoms with Crippen molar-refractivity contribution in [3.63, 3.8) is 0 Å². The molecule has 0 fully saturated rings. The first-order valence-corrected chi connectivity index (χ1v) is 7.55. The van der Waals surface area contributed by atoms with Crippen LogP contribution < -0.4 is 0 Å². The van der Waals surface area contributed by atoms with Crippen LogP contribution in [0, 0.1) is 13.8 Å². The Hall–Kier alpha value is -1.45. The van der Waals surface area contributed by atoms with Gasteiger partial charge in [0.05, 0.1) is 5.56 Å². The Bertz CT molecular complexity index is 653. The number of halogens is 1. The molecule has 0 spiro atoms. The minimum atomic E-state index is -0.890. The lowest BCUT2D eigenvalue weighted by atomic mass is 10.1. The van der Waals surface area contributed by atoms with Crippen molar-refractivity contribution in [3.05, 3.63) is 63.7 Å². The molecule has 0 amide bonds. The first kappa shape index (κ1) is 14.9. The molecule has 0 saturated carbocycles. The van der Waals surface area contributed by atoms with E-state index in [0.29, 0.717) is 5.56 Å². The van der Waals surface area contributed by atoms with Gasteiger partial charge in [-0.2, -0.15) is 0 Å². The summed E-state index contributed by atoms with van der Waals surface area (Å²) in [7, 11) is 0. The smallest absolute Gasteiger partial charge is 0.335 e. The van der Waals surface area contributed by atoms with E-state index in [1.54, 1.807) is 24.8 Å². The van der Waals surface area contributed by atoms with Crippen LogP contribution in [0.3, 0.4) is 0 Å². The molecule has 0 saturated heterocycles. The van der Waals surface area contributed by atoms with Crippen LogP contribution in [-0.4, -0.2) is 11.1 Å². The molecular weight excluding hydrogens is 292 g/mol. The maximum atomic E-state index is 11.1. The Morgan fingerprint density at radius 2 is 1.95 bits per heavy atom. The summed E-state index contributed by atoms with van der Waals surface area (Å²) in [6.07, 6.45) is 0. The minimum absolute atomic E-state index is 0.352. The lowest BCUT2D eigenvalue weighted by Crippen LogP contribution is -1.99. The van der Waals surface area contributed by atoms with Gasteiger partial charge in [-0.1, -0.05) is 29.8 Å². The van der Waals surface area contributed by atoms with Crippen LogP contribution in [0.15, 0.2) is 41.3 Å². The number of thioether (sulfide) groups is 1. The lowest BCUT2D eigenvalue weighted by molar-refractivity contribution is 0.0696. The average Bonchev–Trinajstić information content (AvgIpc) is 2.39. The van der Waals surface area contributed by atoms with Crippen molar-refractivity contribution in [1.29, 1.82) is 0 Å². The summed E-state index contributed by atoms with van der Waals surface area (Å²) in [5, 5.41) is 9.87. The second kappa shape index (κ2) is 6.33. The molecule has 0 unspecified atom stereocenters. The predicted molar refractivity (Wildman–Crippen MR) is 83.9 cm³/mol. The third-order valence-corrected chi connectivity index (χ3v) is 4.44. The molecule has 0 heterocycles. The highest BCUT2D eigenvalue weighted by atomic mass is 35.5. The van der Waals surface area contributed by atoms with Gasteiger partial charge >= 0.3 is 5.97 Å². The standard InChI is InChI=1S/C16H15ClO2S/c1-10-3-5-12(15(17)7-10)9-20-13-6-4-11(2)14(8-13)16(18)19/h3-8H,9H2,1-2H3,(H,18,19). The zero-order valence-corrected chi connectivity index (χ0v) is 12.9. The van der Waals surface area contributed by atoms with Crippen LogP contribution >= 0.6 is 23.4 Å².